The fourth-order valence-electron chi connectivity index (χ4n) is 1.59. The number of hydrogen-bond acceptors (Lipinski definition) is 2. The molecule has 0 aliphatic carbocycles. The van der Waals surface area contributed by atoms with Gasteiger partial charge in [0.15, 0.2) is 0 Å². The van der Waals surface area contributed by atoms with Crippen LogP contribution in [0.3, 0.4) is 0 Å². The highest BCUT2D eigenvalue weighted by Gasteiger charge is 2.05. The fourth-order valence-corrected chi connectivity index (χ4v) is 1.59. The van der Waals surface area contributed by atoms with Crippen LogP contribution in [0.1, 0.15) is 11.1 Å². The van der Waals surface area contributed by atoms with Crippen LogP contribution in [0.2, 0.25) is 0 Å². The molecule has 1 radical (unpaired) electrons. The van der Waals surface area contributed by atoms with Crippen molar-refractivity contribution in [2.75, 3.05) is 0 Å². The molecule has 75 valence electrons. The van der Waals surface area contributed by atoms with Gasteiger partial charge in [-0.15, -0.1) is 0 Å². The van der Waals surface area contributed by atoms with Crippen LogP contribution >= 0.6 is 0 Å². The van der Waals surface area contributed by atoms with E-state index in [-0.39, 0.29) is 0 Å². The van der Waals surface area contributed by atoms with E-state index < -0.39 is 0 Å². The summed E-state index contributed by atoms with van der Waals surface area (Å²) >= 11 is 0. The zero-order valence-corrected chi connectivity index (χ0v) is 8.78. The lowest BCUT2D eigenvalue weighted by atomic mass is 10.0. The zero-order chi connectivity index (χ0) is 10.8. The molecule has 0 amide bonds. The average Bonchev–Trinajstić information content (AvgIpc) is 2.26. The number of hydrogen-bond donors (Lipinski definition) is 1. The van der Waals surface area contributed by atoms with Gasteiger partial charge in [0, 0.05) is 5.56 Å². The maximum Gasteiger partial charge on any atom is 0.121 e. The van der Waals surface area contributed by atoms with Crippen LogP contribution in [0.5, 0.6) is 5.75 Å². The Labute approximate surface area is 89.2 Å². The summed E-state index contributed by atoms with van der Waals surface area (Å²) < 4.78 is 0. The van der Waals surface area contributed by atoms with E-state index in [1.54, 1.807) is 6.07 Å². The molecule has 2 heteroatoms. The Balaban J connectivity index is 2.56. The molecule has 0 spiro atoms. The van der Waals surface area contributed by atoms with Crippen LogP contribution < -0.4 is 0 Å². The molecule has 0 aliphatic heterocycles. The quantitative estimate of drug-likeness (QED) is 0.764. The van der Waals surface area contributed by atoms with Gasteiger partial charge in [0.2, 0.25) is 0 Å². The van der Waals surface area contributed by atoms with Crippen molar-refractivity contribution in [3.63, 3.8) is 0 Å². The summed E-state index contributed by atoms with van der Waals surface area (Å²) in [6.07, 6.45) is 2.80. The van der Waals surface area contributed by atoms with E-state index in [1.165, 1.54) is 0 Å². The molecule has 2 rings (SSSR count). The van der Waals surface area contributed by atoms with Gasteiger partial charge in [-0.3, -0.25) is 0 Å². The average molecular weight is 198 g/mol. The molecular weight excluding hydrogens is 186 g/mol. The van der Waals surface area contributed by atoms with Crippen LogP contribution in [-0.4, -0.2) is 10.1 Å². The van der Waals surface area contributed by atoms with E-state index in [9.17, 15) is 5.11 Å². The van der Waals surface area contributed by atoms with Crippen LogP contribution in [0, 0.1) is 20.0 Å². The van der Waals surface area contributed by atoms with Gasteiger partial charge in [0.05, 0.1) is 11.9 Å². The standard InChI is InChI=1S/C13H12NO/c1-9-7-11(8-10(2)13(9)15)12-5-3-4-6-14-12/h3-5,7-8,15H,1-2H3. The van der Waals surface area contributed by atoms with Gasteiger partial charge in [-0.05, 0) is 49.2 Å². The summed E-state index contributed by atoms with van der Waals surface area (Å²) in [5, 5.41) is 9.65. The number of pyridine rings is 1. The first kappa shape index (κ1) is 9.71. The monoisotopic (exact) mass is 198 g/mol. The summed E-state index contributed by atoms with van der Waals surface area (Å²) in [5.41, 5.74) is 3.63. The van der Waals surface area contributed by atoms with Crippen molar-refractivity contribution in [1.82, 2.24) is 4.98 Å². The molecule has 1 aromatic carbocycles. The molecule has 0 bridgehead atoms. The number of aromatic nitrogens is 1. The molecule has 2 nitrogen and oxygen atoms in total. The molecule has 0 fully saturated rings. The van der Waals surface area contributed by atoms with Crippen LogP contribution in [-0.2, 0) is 0 Å². The number of nitrogens with zero attached hydrogens (tertiary/aromatic N) is 1. The van der Waals surface area contributed by atoms with Crippen molar-refractivity contribution in [3.8, 4) is 17.0 Å². The predicted molar refractivity (Wildman–Crippen MR) is 59.6 cm³/mol. The minimum absolute atomic E-state index is 0.360. The maximum absolute atomic E-state index is 9.65. The third-order valence-corrected chi connectivity index (χ3v) is 2.40. The lowest BCUT2D eigenvalue weighted by Crippen LogP contribution is -1.86. The second-order valence-corrected chi connectivity index (χ2v) is 3.61. The Hall–Kier alpha value is -1.83. The summed E-state index contributed by atoms with van der Waals surface area (Å²) in [6.45, 7) is 3.77. The second-order valence-electron chi connectivity index (χ2n) is 3.61. The molecule has 1 aromatic heterocycles. The Kier molecular flexibility index (Phi) is 2.42. The van der Waals surface area contributed by atoms with E-state index >= 15 is 0 Å². The minimum Gasteiger partial charge on any atom is -0.507 e. The SMILES string of the molecule is Cc1cc(-c2ccc[c]n2)cc(C)c1O. The predicted octanol–water partition coefficient (Wildman–Crippen LogP) is 2.87. The van der Waals surface area contributed by atoms with Crippen molar-refractivity contribution < 1.29 is 5.11 Å². The first-order valence-electron chi connectivity index (χ1n) is 4.82. The zero-order valence-electron chi connectivity index (χ0n) is 8.78. The molecule has 0 atom stereocenters. The number of aryl methyl sites for hydroxylation is 2. The lowest BCUT2D eigenvalue weighted by molar-refractivity contribution is 0.467. The molecule has 0 aliphatic rings. The molecule has 1 heterocycles. The Morgan fingerprint density at radius 1 is 1.20 bits per heavy atom. The molecule has 15 heavy (non-hydrogen) atoms. The Morgan fingerprint density at radius 3 is 2.40 bits per heavy atom. The molecule has 2 aromatic rings. The van der Waals surface area contributed by atoms with Gasteiger partial charge in [-0.2, -0.15) is 0 Å². The van der Waals surface area contributed by atoms with Crippen molar-refractivity contribution in [2.24, 2.45) is 0 Å². The number of phenols is 1. The third-order valence-electron chi connectivity index (χ3n) is 2.40. The summed E-state index contributed by atoms with van der Waals surface area (Å²) in [4.78, 5) is 4.15. The second kappa shape index (κ2) is 3.73. The van der Waals surface area contributed by atoms with Crippen molar-refractivity contribution in [3.05, 3.63) is 47.7 Å². The van der Waals surface area contributed by atoms with Gasteiger partial charge >= 0.3 is 0 Å². The van der Waals surface area contributed by atoms with E-state index in [0.717, 1.165) is 22.4 Å². The van der Waals surface area contributed by atoms with Crippen molar-refractivity contribution >= 4 is 0 Å². The molecule has 0 saturated heterocycles. The summed E-state index contributed by atoms with van der Waals surface area (Å²) in [6, 6.07) is 9.46. The molecule has 0 saturated carbocycles. The lowest BCUT2D eigenvalue weighted by Gasteiger charge is -2.06. The normalized spacial score (nSPS) is 10.3. The van der Waals surface area contributed by atoms with Gasteiger partial charge in [0.25, 0.3) is 0 Å². The summed E-state index contributed by atoms with van der Waals surface area (Å²) in [7, 11) is 0. The molecule has 1 N–H and O–H groups in total. The van der Waals surface area contributed by atoms with Crippen molar-refractivity contribution in [1.29, 1.82) is 0 Å². The van der Waals surface area contributed by atoms with Gasteiger partial charge in [-0.25, -0.2) is 4.98 Å². The first-order chi connectivity index (χ1) is 7.18. The number of rotatable bonds is 1. The van der Waals surface area contributed by atoms with Crippen LogP contribution in [0.4, 0.5) is 0 Å². The highest BCUT2D eigenvalue weighted by Crippen LogP contribution is 2.27. The van der Waals surface area contributed by atoms with E-state index in [2.05, 4.69) is 11.2 Å². The van der Waals surface area contributed by atoms with E-state index in [1.807, 2.05) is 38.1 Å². The molecule has 0 unspecified atom stereocenters. The van der Waals surface area contributed by atoms with Crippen LogP contribution in [0.15, 0.2) is 30.3 Å². The largest absolute Gasteiger partial charge is 0.507 e. The number of phenolic OH excluding ortho intramolecular Hbond substituents is 1. The number of aromatic hydroxyl groups is 1. The molecular formula is C13H12NO. The third kappa shape index (κ3) is 1.84. The summed E-state index contributed by atoms with van der Waals surface area (Å²) in [5.74, 6) is 0.360. The highest BCUT2D eigenvalue weighted by molar-refractivity contribution is 5.63. The van der Waals surface area contributed by atoms with Crippen molar-refractivity contribution in [2.45, 2.75) is 13.8 Å². The highest BCUT2D eigenvalue weighted by atomic mass is 16.3. The topological polar surface area (TPSA) is 33.1 Å². The Bertz CT molecular complexity index is 454. The van der Waals surface area contributed by atoms with Gasteiger partial charge in [0.1, 0.15) is 5.75 Å². The smallest absolute Gasteiger partial charge is 0.121 e. The fraction of sp³-hybridized carbons (Fsp3) is 0.154. The maximum atomic E-state index is 9.65. The van der Waals surface area contributed by atoms with E-state index in [4.69, 9.17) is 0 Å². The van der Waals surface area contributed by atoms with Crippen LogP contribution in [0.25, 0.3) is 11.3 Å². The van der Waals surface area contributed by atoms with Gasteiger partial charge in [-0.1, -0.05) is 6.07 Å². The van der Waals surface area contributed by atoms with Gasteiger partial charge < -0.3 is 5.11 Å². The number of benzene rings is 1. The Morgan fingerprint density at radius 2 is 1.87 bits per heavy atom. The minimum atomic E-state index is 0.360. The van der Waals surface area contributed by atoms with E-state index in [0.29, 0.717) is 5.75 Å². The first-order valence-corrected chi connectivity index (χ1v) is 4.82.